The third-order valence-electron chi connectivity index (χ3n) is 7.51. The average Bonchev–Trinajstić information content (AvgIpc) is 3.72. The number of phenols is 1. The summed E-state index contributed by atoms with van der Waals surface area (Å²) in [5, 5.41) is 9.13. The molecule has 22 heteroatoms. The van der Waals surface area contributed by atoms with Crippen LogP contribution in [0.15, 0.2) is 57.8 Å². The average molecular weight is 784 g/mol. The zero-order chi connectivity index (χ0) is 38.4. The topological polar surface area (TPSA) is 122 Å². The van der Waals surface area contributed by atoms with E-state index >= 15 is 0 Å². The van der Waals surface area contributed by atoms with Crippen molar-refractivity contribution in [3.63, 3.8) is 0 Å². The fourth-order valence-electron chi connectivity index (χ4n) is 5.12. The van der Waals surface area contributed by atoms with Crippen molar-refractivity contribution in [3.05, 3.63) is 69.5 Å². The molecule has 52 heavy (non-hydrogen) atoms. The van der Waals surface area contributed by atoms with E-state index < -0.39 is 76.8 Å². The number of carbonyl (C=O) groups is 3. The lowest BCUT2D eigenvalue weighted by Gasteiger charge is -2.35. The lowest BCUT2D eigenvalue weighted by atomic mass is 10.2. The van der Waals surface area contributed by atoms with Gasteiger partial charge in [-0.3, -0.25) is 24.4 Å². The van der Waals surface area contributed by atoms with E-state index in [1.54, 1.807) is 0 Å². The number of phenolic OH excluding ortho intramolecular Hbond substituents is 1. The number of aliphatic imine (C=N–C) groups is 2. The number of benzene rings is 2. The maximum absolute atomic E-state index is 14.6. The van der Waals surface area contributed by atoms with Gasteiger partial charge in [-0.25, -0.2) is 18.6 Å². The Morgan fingerprint density at radius 2 is 1.25 bits per heavy atom. The molecule has 0 saturated heterocycles. The van der Waals surface area contributed by atoms with E-state index in [9.17, 15) is 54.6 Å². The minimum atomic E-state index is -4.77. The quantitative estimate of drug-likeness (QED) is 0.421. The number of allylic oxidation sites excluding steroid dienone is 2. The molecule has 3 amide bonds. The van der Waals surface area contributed by atoms with E-state index in [0.29, 0.717) is 22.0 Å². The highest BCUT2D eigenvalue weighted by Gasteiger charge is 2.48. The van der Waals surface area contributed by atoms with Crippen molar-refractivity contribution in [1.29, 1.82) is 0 Å². The molecule has 0 fully saturated rings. The highest BCUT2D eigenvalue weighted by molar-refractivity contribution is 6.33. The Bertz CT molecular complexity index is 1970. The third kappa shape index (κ3) is 7.43. The van der Waals surface area contributed by atoms with Gasteiger partial charge in [-0.05, 0) is 12.1 Å². The Labute approximate surface area is 298 Å². The van der Waals surface area contributed by atoms with Crippen molar-refractivity contribution < 1.29 is 59.4 Å². The minimum absolute atomic E-state index is 0.00242. The van der Waals surface area contributed by atoms with Gasteiger partial charge in [-0.2, -0.15) is 26.3 Å². The molecule has 4 heterocycles. The van der Waals surface area contributed by atoms with Crippen LogP contribution in [0.25, 0.3) is 0 Å². The number of fused-ring (bicyclic) bond motifs is 2. The minimum Gasteiger partial charge on any atom is -0.506 e. The first-order valence-electron chi connectivity index (χ1n) is 14.6. The van der Waals surface area contributed by atoms with Gasteiger partial charge >= 0.3 is 12.4 Å². The predicted molar refractivity (Wildman–Crippen MR) is 170 cm³/mol. The number of amides is 3. The number of guanidine groups is 2. The number of anilines is 2. The zero-order valence-corrected chi connectivity index (χ0v) is 28.0. The Morgan fingerprint density at radius 1 is 0.808 bits per heavy atom. The molecule has 0 unspecified atom stereocenters. The van der Waals surface area contributed by atoms with Crippen LogP contribution < -0.4 is 14.5 Å². The number of hydrogen-bond donors (Lipinski definition) is 1. The molecule has 4 aliphatic rings. The van der Waals surface area contributed by atoms with Crippen LogP contribution in [-0.2, 0) is 14.4 Å². The molecule has 1 N–H and O–H groups in total. The molecule has 12 nitrogen and oxygen atoms in total. The second-order valence-electron chi connectivity index (χ2n) is 11.1. The number of carbonyl (C=O) groups excluding carboxylic acids is 3. The maximum Gasteiger partial charge on any atom is 0.431 e. The second kappa shape index (κ2) is 14.1. The van der Waals surface area contributed by atoms with Gasteiger partial charge in [0.1, 0.15) is 34.5 Å². The standard InChI is InChI=1S/C17H15ClF4N4O3.C13H8ClF4N3O2/c1-24(2)15(28)8-29-12-6-11(10(19)5-9(12)18)26-14(27)7-13(17(20,21)22)25-4-3-23-16(25)26;14-6-3-7(15)8(4-9(6)22)21-11(23)5-10(13(16,17)18)20-2-1-19-12(20)21/h5-7H,3-4,8H2,1-2H3;3-5,22H,1-2H2. The predicted octanol–water partition coefficient (Wildman–Crippen LogP) is 5.06. The van der Waals surface area contributed by atoms with Crippen LogP contribution in [-0.4, -0.2) is 109 Å². The van der Waals surface area contributed by atoms with Gasteiger partial charge in [0.25, 0.3) is 17.7 Å². The fourth-order valence-corrected chi connectivity index (χ4v) is 5.47. The molecule has 2 aromatic carbocycles. The van der Waals surface area contributed by atoms with Crippen LogP contribution in [0.4, 0.5) is 46.5 Å². The van der Waals surface area contributed by atoms with E-state index in [4.69, 9.17) is 27.9 Å². The highest BCUT2D eigenvalue weighted by Crippen LogP contribution is 2.40. The first-order chi connectivity index (χ1) is 24.2. The number of hydrogen-bond acceptors (Lipinski definition) is 9. The normalized spacial score (nSPS) is 17.2. The number of rotatable bonds is 5. The van der Waals surface area contributed by atoms with E-state index in [-0.39, 0.29) is 53.9 Å². The van der Waals surface area contributed by atoms with Crippen molar-refractivity contribution in [2.45, 2.75) is 12.4 Å². The van der Waals surface area contributed by atoms with Crippen LogP contribution in [0, 0.1) is 11.6 Å². The van der Waals surface area contributed by atoms with E-state index in [2.05, 4.69) is 9.98 Å². The number of likely N-dealkylation sites (N-methyl/N-ethyl adjacent to an activating group) is 1. The van der Waals surface area contributed by atoms with Crippen LogP contribution in [0.1, 0.15) is 0 Å². The van der Waals surface area contributed by atoms with Crippen LogP contribution in [0.2, 0.25) is 10.0 Å². The Balaban J connectivity index is 0.000000206. The molecule has 0 atom stereocenters. The van der Waals surface area contributed by atoms with Gasteiger partial charge < -0.3 is 24.5 Å². The van der Waals surface area contributed by atoms with Gasteiger partial charge in [-0.15, -0.1) is 0 Å². The molecule has 0 radical (unpaired) electrons. The molecule has 0 aliphatic carbocycles. The second-order valence-corrected chi connectivity index (χ2v) is 11.9. The number of halogens is 10. The summed E-state index contributed by atoms with van der Waals surface area (Å²) in [5.41, 5.74) is -3.15. The molecular formula is C30H23Cl2F8N7O5. The molecule has 278 valence electrons. The van der Waals surface area contributed by atoms with Gasteiger partial charge in [0.05, 0.1) is 34.5 Å². The summed E-state index contributed by atoms with van der Waals surface area (Å²) in [7, 11) is 3.01. The smallest absolute Gasteiger partial charge is 0.431 e. The summed E-state index contributed by atoms with van der Waals surface area (Å²) in [6.07, 6.45) is -8.76. The lowest BCUT2D eigenvalue weighted by Crippen LogP contribution is -2.51. The van der Waals surface area contributed by atoms with Crippen molar-refractivity contribution >= 4 is 64.2 Å². The maximum atomic E-state index is 14.6. The summed E-state index contributed by atoms with van der Waals surface area (Å²) in [5.74, 6) is -5.88. The fraction of sp³-hybridized carbons (Fsp3) is 0.300. The molecular weight excluding hydrogens is 761 g/mol. The van der Waals surface area contributed by atoms with Crippen molar-refractivity contribution in [2.24, 2.45) is 9.98 Å². The van der Waals surface area contributed by atoms with Crippen LogP contribution in [0.3, 0.4) is 0 Å². The van der Waals surface area contributed by atoms with Gasteiger partial charge in [0.2, 0.25) is 11.9 Å². The molecule has 4 aliphatic heterocycles. The van der Waals surface area contributed by atoms with Crippen LogP contribution in [0.5, 0.6) is 11.5 Å². The summed E-state index contributed by atoms with van der Waals surface area (Å²) in [6, 6.07) is 3.52. The summed E-state index contributed by atoms with van der Waals surface area (Å²) in [6.45, 7) is -0.584. The van der Waals surface area contributed by atoms with E-state index in [1.165, 1.54) is 19.0 Å². The number of alkyl halides is 6. The van der Waals surface area contributed by atoms with Crippen molar-refractivity contribution in [2.75, 3.05) is 56.7 Å². The Hall–Kier alpha value is -5.11. The third-order valence-corrected chi connectivity index (χ3v) is 8.11. The Kier molecular flexibility index (Phi) is 10.4. The SMILES string of the molecule is CN(C)C(=O)COc1cc(N2C(=O)C=C(C(F)(F)F)N3CCN=C32)c(F)cc1Cl.O=C1C=C(C(F)(F)F)N2CCN=C2N1c1cc(O)c(Cl)cc1F. The molecule has 0 bridgehead atoms. The summed E-state index contributed by atoms with van der Waals surface area (Å²) >= 11 is 11.5. The summed E-state index contributed by atoms with van der Waals surface area (Å²) < 4.78 is 113. The van der Waals surface area contributed by atoms with E-state index in [0.717, 1.165) is 34.1 Å². The number of aromatic hydroxyl groups is 1. The Morgan fingerprint density at radius 3 is 1.69 bits per heavy atom. The van der Waals surface area contributed by atoms with Crippen molar-refractivity contribution in [3.8, 4) is 11.5 Å². The van der Waals surface area contributed by atoms with Crippen LogP contribution >= 0.6 is 23.2 Å². The molecule has 0 spiro atoms. The monoisotopic (exact) mass is 783 g/mol. The molecule has 0 saturated carbocycles. The molecule has 2 aromatic rings. The highest BCUT2D eigenvalue weighted by atomic mass is 35.5. The zero-order valence-electron chi connectivity index (χ0n) is 26.5. The van der Waals surface area contributed by atoms with Crippen molar-refractivity contribution in [1.82, 2.24) is 14.7 Å². The van der Waals surface area contributed by atoms with Gasteiger partial charge in [0, 0.05) is 51.5 Å². The largest absolute Gasteiger partial charge is 0.506 e. The van der Waals surface area contributed by atoms with Gasteiger partial charge in [0.15, 0.2) is 6.61 Å². The number of ether oxygens (including phenoxy) is 1. The summed E-state index contributed by atoms with van der Waals surface area (Å²) in [4.78, 5) is 48.2. The first kappa shape index (κ1) is 38.1. The van der Waals surface area contributed by atoms with E-state index in [1.807, 2.05) is 0 Å². The first-order valence-corrected chi connectivity index (χ1v) is 15.4. The molecule has 6 rings (SSSR count). The lowest BCUT2D eigenvalue weighted by molar-refractivity contribution is -0.130. The number of nitrogens with zero attached hydrogens (tertiary/aromatic N) is 7. The molecule has 0 aromatic heterocycles. The van der Waals surface area contributed by atoms with Gasteiger partial charge in [-0.1, -0.05) is 23.2 Å².